The van der Waals surface area contributed by atoms with Gasteiger partial charge in [0.25, 0.3) is 0 Å². The van der Waals surface area contributed by atoms with Crippen molar-refractivity contribution in [1.29, 1.82) is 0 Å². The van der Waals surface area contributed by atoms with Crippen molar-refractivity contribution in [3.63, 3.8) is 0 Å². The van der Waals surface area contributed by atoms with Gasteiger partial charge in [0.15, 0.2) is 6.10 Å². The fourth-order valence-corrected chi connectivity index (χ4v) is 7.51. The topological polar surface area (TPSA) is 78.9 Å². The van der Waals surface area contributed by atoms with E-state index in [1.165, 1.54) is 135 Å². The summed E-state index contributed by atoms with van der Waals surface area (Å²) in [6.45, 7) is 6.41. The molecule has 0 amide bonds. The van der Waals surface area contributed by atoms with Gasteiger partial charge in [-0.25, -0.2) is 0 Å². The minimum Gasteiger partial charge on any atom is -0.462 e. The van der Waals surface area contributed by atoms with Crippen molar-refractivity contribution in [1.82, 2.24) is 0 Å². The van der Waals surface area contributed by atoms with Gasteiger partial charge in [0.05, 0.1) is 6.42 Å². The zero-order valence-electron chi connectivity index (χ0n) is 42.0. The van der Waals surface area contributed by atoms with Gasteiger partial charge in [0, 0.05) is 12.8 Å². The lowest BCUT2D eigenvalue weighted by Gasteiger charge is -2.18. The van der Waals surface area contributed by atoms with Crippen LogP contribution in [0.1, 0.15) is 258 Å². The number of esters is 3. The van der Waals surface area contributed by atoms with E-state index in [4.69, 9.17) is 14.2 Å². The van der Waals surface area contributed by atoms with Gasteiger partial charge in [-0.15, -0.1) is 0 Å². The second kappa shape index (κ2) is 52.5. The molecule has 0 saturated carbocycles. The minimum atomic E-state index is -0.819. The molecule has 368 valence electrons. The summed E-state index contributed by atoms with van der Waals surface area (Å²) in [5, 5.41) is 0. The van der Waals surface area contributed by atoms with Crippen LogP contribution in [0.25, 0.3) is 0 Å². The first-order valence-electron chi connectivity index (χ1n) is 27.0. The molecule has 0 aromatic rings. The molecule has 0 heterocycles. The third-order valence-corrected chi connectivity index (χ3v) is 11.5. The molecule has 0 aliphatic carbocycles. The van der Waals surface area contributed by atoms with Gasteiger partial charge in [0.2, 0.25) is 0 Å². The molecule has 0 aromatic carbocycles. The first-order chi connectivity index (χ1) is 31.5. The summed E-state index contributed by atoms with van der Waals surface area (Å²) < 4.78 is 16.7. The smallest absolute Gasteiger partial charge is 0.309 e. The Morgan fingerprint density at radius 2 is 0.719 bits per heavy atom. The van der Waals surface area contributed by atoms with Crippen LogP contribution in [0.4, 0.5) is 0 Å². The second-order valence-electron chi connectivity index (χ2n) is 17.8. The monoisotopic (exact) mass is 893 g/mol. The highest BCUT2D eigenvalue weighted by atomic mass is 16.6. The molecule has 0 bridgehead atoms. The summed E-state index contributed by atoms with van der Waals surface area (Å²) in [7, 11) is 0. The Morgan fingerprint density at radius 3 is 1.16 bits per heavy atom. The molecule has 0 rings (SSSR count). The van der Waals surface area contributed by atoms with Crippen molar-refractivity contribution in [2.24, 2.45) is 0 Å². The average molecular weight is 893 g/mol. The summed E-state index contributed by atoms with van der Waals surface area (Å²) in [6, 6.07) is 0. The standard InChI is InChI=1S/C58H100O6/c1-4-7-10-13-16-19-21-23-25-27-29-31-32-34-36-39-42-45-48-51-57(60)63-54-55(53-62-56(59)50-47-44-41-38-18-15-12-9-6-3)64-58(61)52-49-46-43-40-37-35-33-30-28-26-24-22-20-17-14-11-8-5-2/h9,12,18,22,24,26,28,30,33,38,44,47,55H,4-8,10-11,13-17,19-21,23,25,27,29,31-32,34-37,39-43,45-46,48-54H2,1-3H3/b12-9-,24-22-,28-26-,33-30-,38-18-,47-44-. The maximum absolute atomic E-state index is 12.8. The Morgan fingerprint density at radius 1 is 0.359 bits per heavy atom. The summed E-state index contributed by atoms with van der Waals surface area (Å²) in [4.78, 5) is 37.9. The number of ether oxygens (including phenoxy) is 3. The van der Waals surface area contributed by atoms with Crippen molar-refractivity contribution in [2.75, 3.05) is 13.2 Å². The van der Waals surface area contributed by atoms with E-state index in [0.717, 1.165) is 83.5 Å². The first kappa shape index (κ1) is 60.9. The van der Waals surface area contributed by atoms with E-state index < -0.39 is 12.1 Å². The molecule has 0 N–H and O–H groups in total. The third-order valence-electron chi connectivity index (χ3n) is 11.5. The number of unbranched alkanes of at least 4 members (excludes halogenated alkanes) is 28. The molecule has 0 aliphatic rings. The number of rotatable bonds is 48. The normalized spacial score (nSPS) is 12.6. The van der Waals surface area contributed by atoms with Crippen LogP contribution in [-0.4, -0.2) is 37.2 Å². The second-order valence-corrected chi connectivity index (χ2v) is 17.8. The molecule has 1 atom stereocenters. The lowest BCUT2D eigenvalue weighted by Crippen LogP contribution is -2.30. The average Bonchev–Trinajstić information content (AvgIpc) is 3.29. The molecule has 6 nitrogen and oxygen atoms in total. The predicted octanol–water partition coefficient (Wildman–Crippen LogP) is 17.8. The highest BCUT2D eigenvalue weighted by Gasteiger charge is 2.19. The summed E-state index contributed by atoms with van der Waals surface area (Å²) in [6.07, 6.45) is 66.4. The number of allylic oxidation sites excluding steroid dienone is 11. The van der Waals surface area contributed by atoms with E-state index in [-0.39, 0.29) is 31.6 Å². The van der Waals surface area contributed by atoms with Crippen LogP contribution in [0.15, 0.2) is 72.9 Å². The quantitative estimate of drug-likeness (QED) is 0.0199. The first-order valence-corrected chi connectivity index (χ1v) is 27.0. The van der Waals surface area contributed by atoms with Crippen LogP contribution in [0.5, 0.6) is 0 Å². The van der Waals surface area contributed by atoms with E-state index in [1.807, 2.05) is 6.08 Å². The molecule has 0 saturated heterocycles. The van der Waals surface area contributed by atoms with E-state index in [0.29, 0.717) is 12.8 Å². The van der Waals surface area contributed by atoms with Crippen molar-refractivity contribution < 1.29 is 28.6 Å². The Labute approximate surface area is 395 Å². The molecule has 0 aromatic heterocycles. The lowest BCUT2D eigenvalue weighted by atomic mass is 10.0. The Balaban J connectivity index is 4.36. The van der Waals surface area contributed by atoms with Crippen LogP contribution < -0.4 is 0 Å². The SMILES string of the molecule is CC/C=C\C/C=C\C/C=C\CC(=O)OCC(COC(=O)CCCCCCCCCCCCCCCCCCCCC)OC(=O)CCCCCCC\C=C/C=C\C=C/CCCCCCC. The molecule has 64 heavy (non-hydrogen) atoms. The Bertz CT molecular complexity index is 1210. The third kappa shape index (κ3) is 49.9. The van der Waals surface area contributed by atoms with Crippen LogP contribution in [0.3, 0.4) is 0 Å². The maximum Gasteiger partial charge on any atom is 0.309 e. The zero-order valence-corrected chi connectivity index (χ0v) is 42.0. The fraction of sp³-hybridized carbons (Fsp3) is 0.741. The maximum atomic E-state index is 12.8. The molecule has 6 heteroatoms. The summed E-state index contributed by atoms with van der Waals surface area (Å²) in [5.41, 5.74) is 0. The molecular weight excluding hydrogens is 793 g/mol. The van der Waals surface area contributed by atoms with E-state index in [9.17, 15) is 14.4 Å². The van der Waals surface area contributed by atoms with E-state index >= 15 is 0 Å². The fourth-order valence-electron chi connectivity index (χ4n) is 7.51. The molecule has 0 aliphatic heterocycles. The van der Waals surface area contributed by atoms with Crippen LogP contribution in [0, 0.1) is 0 Å². The molecule has 0 spiro atoms. The van der Waals surface area contributed by atoms with E-state index in [2.05, 4.69) is 81.5 Å². The van der Waals surface area contributed by atoms with Crippen LogP contribution >= 0.6 is 0 Å². The van der Waals surface area contributed by atoms with Gasteiger partial charge in [-0.1, -0.05) is 254 Å². The molecule has 1 unspecified atom stereocenters. The van der Waals surface area contributed by atoms with Gasteiger partial charge in [-0.05, 0) is 57.8 Å². The predicted molar refractivity (Wildman–Crippen MR) is 274 cm³/mol. The molecule has 0 radical (unpaired) electrons. The highest BCUT2D eigenvalue weighted by molar-refractivity contribution is 5.72. The minimum absolute atomic E-state index is 0.109. The Kier molecular flexibility index (Phi) is 49.9. The lowest BCUT2D eigenvalue weighted by molar-refractivity contribution is -0.166. The Hall–Kier alpha value is -3.15. The summed E-state index contributed by atoms with van der Waals surface area (Å²) >= 11 is 0. The number of carbonyl (C=O) groups is 3. The molecule has 0 fully saturated rings. The van der Waals surface area contributed by atoms with Crippen LogP contribution in [-0.2, 0) is 28.6 Å². The summed E-state index contributed by atoms with van der Waals surface area (Å²) in [5.74, 6) is -1.05. The number of carbonyl (C=O) groups excluding carboxylic acids is 3. The van der Waals surface area contributed by atoms with Crippen LogP contribution in [0.2, 0.25) is 0 Å². The zero-order chi connectivity index (χ0) is 46.5. The van der Waals surface area contributed by atoms with E-state index in [1.54, 1.807) is 6.08 Å². The van der Waals surface area contributed by atoms with Gasteiger partial charge in [0.1, 0.15) is 13.2 Å². The van der Waals surface area contributed by atoms with Gasteiger partial charge >= 0.3 is 17.9 Å². The van der Waals surface area contributed by atoms with Gasteiger partial charge < -0.3 is 14.2 Å². The van der Waals surface area contributed by atoms with Crippen molar-refractivity contribution in [2.45, 2.75) is 264 Å². The molecular formula is C58H100O6. The van der Waals surface area contributed by atoms with Crippen molar-refractivity contribution >= 4 is 17.9 Å². The van der Waals surface area contributed by atoms with Gasteiger partial charge in [-0.3, -0.25) is 14.4 Å². The van der Waals surface area contributed by atoms with Gasteiger partial charge in [-0.2, -0.15) is 0 Å². The largest absolute Gasteiger partial charge is 0.462 e. The van der Waals surface area contributed by atoms with Crippen molar-refractivity contribution in [3.05, 3.63) is 72.9 Å². The number of hydrogen-bond acceptors (Lipinski definition) is 6. The number of hydrogen-bond donors (Lipinski definition) is 0. The highest BCUT2D eigenvalue weighted by Crippen LogP contribution is 2.16. The van der Waals surface area contributed by atoms with Crippen molar-refractivity contribution in [3.8, 4) is 0 Å².